The number of aliphatic hydroxyl groups excluding tert-OH is 2. The topological polar surface area (TPSA) is 87.5 Å². The van der Waals surface area contributed by atoms with Gasteiger partial charge in [-0.25, -0.2) is 13.6 Å². The van der Waals surface area contributed by atoms with Crippen LogP contribution >= 0.6 is 12.2 Å². The zero-order valence-corrected chi connectivity index (χ0v) is 10.4. The van der Waals surface area contributed by atoms with Crippen molar-refractivity contribution in [3.63, 3.8) is 0 Å². The van der Waals surface area contributed by atoms with Crippen molar-refractivity contribution in [3.8, 4) is 0 Å². The Hall–Kier alpha value is -1.16. The predicted molar refractivity (Wildman–Crippen MR) is 62.7 cm³/mol. The first kappa shape index (κ1) is 14.3. The summed E-state index contributed by atoms with van der Waals surface area (Å²) in [5.74, 6) is 0. The van der Waals surface area contributed by atoms with Gasteiger partial charge in [-0.3, -0.25) is 9.55 Å². The number of nitrogens with zero attached hydrogens (tertiary/aromatic N) is 1. The fourth-order valence-electron chi connectivity index (χ4n) is 2.00. The molecule has 0 amide bonds. The number of hydrogen-bond donors (Lipinski definition) is 3. The van der Waals surface area contributed by atoms with Gasteiger partial charge < -0.3 is 14.9 Å². The van der Waals surface area contributed by atoms with Gasteiger partial charge in [-0.2, -0.15) is 0 Å². The molecular formula is C10H12F2N2O4S. The number of aromatic nitrogens is 2. The van der Waals surface area contributed by atoms with E-state index in [4.69, 9.17) is 22.1 Å². The largest absolute Gasteiger partial charge is 0.394 e. The third kappa shape index (κ3) is 2.22. The highest BCUT2D eigenvalue weighted by atomic mass is 32.1. The molecule has 6 nitrogen and oxygen atoms in total. The quantitative estimate of drug-likeness (QED) is 0.674. The highest BCUT2D eigenvalue weighted by Crippen LogP contribution is 2.41. The molecule has 9 heteroatoms. The van der Waals surface area contributed by atoms with Gasteiger partial charge in [-0.15, -0.1) is 0 Å². The molecule has 0 bridgehead atoms. The van der Waals surface area contributed by atoms with Crippen LogP contribution in [-0.2, 0) is 4.74 Å². The average Bonchev–Trinajstić information content (AvgIpc) is 2.63. The SMILES string of the molecule is O=c1[nH]c(=S)ccn1[C@@H]1O[C@H](CO)[C@H](O)C1(F)CF. The lowest BCUT2D eigenvalue weighted by atomic mass is 9.97. The minimum atomic E-state index is -2.81. The fourth-order valence-corrected chi connectivity index (χ4v) is 2.15. The molecule has 1 aliphatic heterocycles. The van der Waals surface area contributed by atoms with Crippen molar-refractivity contribution in [1.82, 2.24) is 9.55 Å². The van der Waals surface area contributed by atoms with E-state index in [9.17, 15) is 18.7 Å². The third-order valence-electron chi connectivity index (χ3n) is 3.05. The highest BCUT2D eigenvalue weighted by Gasteiger charge is 2.58. The summed E-state index contributed by atoms with van der Waals surface area (Å²) in [6.07, 6.45) is -3.71. The van der Waals surface area contributed by atoms with Crippen molar-refractivity contribution in [2.75, 3.05) is 13.3 Å². The maximum absolute atomic E-state index is 14.4. The Morgan fingerprint density at radius 2 is 2.32 bits per heavy atom. The minimum absolute atomic E-state index is 0.128. The average molecular weight is 294 g/mol. The molecule has 0 aromatic carbocycles. The van der Waals surface area contributed by atoms with Crippen LogP contribution in [0.15, 0.2) is 17.1 Å². The molecule has 1 unspecified atom stereocenters. The van der Waals surface area contributed by atoms with Crippen molar-refractivity contribution in [1.29, 1.82) is 0 Å². The molecule has 2 rings (SSSR count). The van der Waals surface area contributed by atoms with Gasteiger partial charge in [0.1, 0.15) is 23.5 Å². The van der Waals surface area contributed by atoms with E-state index in [2.05, 4.69) is 4.98 Å². The number of nitrogens with one attached hydrogen (secondary N) is 1. The zero-order chi connectivity index (χ0) is 14.2. The maximum Gasteiger partial charge on any atom is 0.328 e. The van der Waals surface area contributed by atoms with E-state index in [1.807, 2.05) is 0 Å². The van der Waals surface area contributed by atoms with E-state index >= 15 is 0 Å². The summed E-state index contributed by atoms with van der Waals surface area (Å²) in [6.45, 7) is -2.25. The Morgan fingerprint density at radius 3 is 2.84 bits per heavy atom. The van der Waals surface area contributed by atoms with Gasteiger partial charge in [0.25, 0.3) is 0 Å². The van der Waals surface area contributed by atoms with Gasteiger partial charge in [-0.1, -0.05) is 12.2 Å². The van der Waals surface area contributed by atoms with Gasteiger partial charge in [0, 0.05) is 6.20 Å². The van der Waals surface area contributed by atoms with Crippen molar-refractivity contribution in [2.45, 2.75) is 24.1 Å². The van der Waals surface area contributed by atoms with Crippen LogP contribution in [0.2, 0.25) is 0 Å². The Kier molecular flexibility index (Phi) is 3.81. The summed E-state index contributed by atoms with van der Waals surface area (Å²) in [6, 6.07) is 1.30. The summed E-state index contributed by atoms with van der Waals surface area (Å²) in [7, 11) is 0. The maximum atomic E-state index is 14.4. The molecule has 1 fully saturated rings. The van der Waals surface area contributed by atoms with Crippen LogP contribution in [0, 0.1) is 4.64 Å². The predicted octanol–water partition coefficient (Wildman–Crippen LogP) is -0.166. The second-order valence-corrected chi connectivity index (χ2v) is 4.67. The lowest BCUT2D eigenvalue weighted by molar-refractivity contribution is -0.0734. The van der Waals surface area contributed by atoms with E-state index in [0.717, 1.165) is 10.8 Å². The lowest BCUT2D eigenvalue weighted by Gasteiger charge is -2.26. The van der Waals surface area contributed by atoms with E-state index in [-0.39, 0.29) is 4.64 Å². The molecule has 4 atom stereocenters. The summed E-state index contributed by atoms with van der Waals surface area (Å²) in [5, 5.41) is 18.6. The first-order valence-electron chi connectivity index (χ1n) is 5.44. The first-order valence-corrected chi connectivity index (χ1v) is 5.85. The number of hydrogen-bond acceptors (Lipinski definition) is 5. The highest BCUT2D eigenvalue weighted by molar-refractivity contribution is 7.71. The molecule has 1 aromatic rings. The molecule has 0 radical (unpaired) electrons. The first-order chi connectivity index (χ1) is 8.93. The van der Waals surface area contributed by atoms with Crippen LogP contribution in [0.25, 0.3) is 0 Å². The van der Waals surface area contributed by atoms with Crippen LogP contribution in [0.3, 0.4) is 0 Å². The Balaban J connectivity index is 2.48. The minimum Gasteiger partial charge on any atom is -0.394 e. The van der Waals surface area contributed by atoms with E-state index in [1.54, 1.807) is 0 Å². The van der Waals surface area contributed by atoms with Gasteiger partial charge >= 0.3 is 5.69 Å². The third-order valence-corrected chi connectivity index (χ3v) is 3.28. The van der Waals surface area contributed by atoms with Crippen molar-refractivity contribution in [2.24, 2.45) is 0 Å². The van der Waals surface area contributed by atoms with Crippen LogP contribution in [-0.4, -0.2) is 50.9 Å². The van der Waals surface area contributed by atoms with Gasteiger partial charge in [0.2, 0.25) is 5.67 Å². The monoisotopic (exact) mass is 294 g/mol. The molecule has 106 valence electrons. The number of alkyl halides is 2. The van der Waals surface area contributed by atoms with E-state index in [0.29, 0.717) is 0 Å². The number of ether oxygens (including phenoxy) is 1. The molecule has 1 aliphatic rings. The number of aliphatic hydroxyl groups is 2. The molecule has 1 aromatic heterocycles. The summed E-state index contributed by atoms with van der Waals surface area (Å²) in [5.41, 5.74) is -3.60. The summed E-state index contributed by atoms with van der Waals surface area (Å²) >= 11 is 4.72. The number of halogens is 2. The van der Waals surface area contributed by atoms with Gasteiger partial charge in [-0.05, 0) is 6.07 Å². The van der Waals surface area contributed by atoms with E-state index in [1.165, 1.54) is 6.07 Å². The van der Waals surface area contributed by atoms with E-state index < -0.39 is 43.1 Å². The molecule has 2 heterocycles. The van der Waals surface area contributed by atoms with Gasteiger partial charge in [0.05, 0.1) is 6.61 Å². The molecule has 0 aliphatic carbocycles. The van der Waals surface area contributed by atoms with Crippen LogP contribution in [0.4, 0.5) is 8.78 Å². The summed E-state index contributed by atoms with van der Waals surface area (Å²) < 4.78 is 33.3. The van der Waals surface area contributed by atoms with Crippen molar-refractivity contribution in [3.05, 3.63) is 27.4 Å². The zero-order valence-electron chi connectivity index (χ0n) is 9.62. The normalized spacial score (nSPS) is 34.6. The second kappa shape index (κ2) is 5.08. The standard InChI is InChI=1S/C10H12F2N2O4S/c11-4-10(12)7(16)5(3-15)18-8(10)14-2-1-6(19)13-9(14)17/h1-2,5,7-8,15-16H,3-4H2,(H,13,17,19)/t5-,7+,8-,10?/m1/s1. The molecule has 3 N–H and O–H groups in total. The van der Waals surface area contributed by atoms with Crippen LogP contribution in [0.5, 0.6) is 0 Å². The smallest absolute Gasteiger partial charge is 0.328 e. The molecule has 0 saturated carbocycles. The van der Waals surface area contributed by atoms with Crippen molar-refractivity contribution < 1.29 is 23.7 Å². The summed E-state index contributed by atoms with van der Waals surface area (Å²) in [4.78, 5) is 13.9. The Labute approximate surface area is 111 Å². The molecule has 19 heavy (non-hydrogen) atoms. The number of H-pyrrole nitrogens is 1. The molecule has 0 spiro atoms. The van der Waals surface area contributed by atoms with Crippen molar-refractivity contribution >= 4 is 12.2 Å². The Bertz CT molecular complexity index is 577. The number of rotatable bonds is 3. The lowest BCUT2D eigenvalue weighted by Crippen LogP contribution is -2.47. The second-order valence-electron chi connectivity index (χ2n) is 4.23. The molecule has 1 saturated heterocycles. The number of aromatic amines is 1. The van der Waals surface area contributed by atoms with Crippen LogP contribution in [0.1, 0.15) is 6.23 Å². The Morgan fingerprint density at radius 1 is 1.63 bits per heavy atom. The fraction of sp³-hybridized carbons (Fsp3) is 0.600. The van der Waals surface area contributed by atoms with Crippen LogP contribution < -0.4 is 5.69 Å². The van der Waals surface area contributed by atoms with Gasteiger partial charge in [0.15, 0.2) is 6.23 Å². The molecular weight excluding hydrogens is 282 g/mol.